The number of carbonyl (C=O) groups is 1. The minimum absolute atomic E-state index is 0. The van der Waals surface area contributed by atoms with Gasteiger partial charge in [-0.2, -0.15) is 5.10 Å². The quantitative estimate of drug-likeness (QED) is 0.802. The monoisotopic (exact) mass is 292 g/mol. The van der Waals surface area contributed by atoms with E-state index in [1.807, 2.05) is 6.07 Å². The zero-order valence-corrected chi connectivity index (χ0v) is 11.7. The van der Waals surface area contributed by atoms with Gasteiger partial charge in [0.25, 0.3) is 5.91 Å². The zero-order valence-electron chi connectivity index (χ0n) is 10.9. The number of rotatable bonds is 3. The average Bonchev–Trinajstić information content (AvgIpc) is 2.99. The molecule has 0 fully saturated rings. The van der Waals surface area contributed by atoms with Crippen molar-refractivity contribution in [3.63, 3.8) is 0 Å². The van der Waals surface area contributed by atoms with E-state index >= 15 is 0 Å². The predicted octanol–water partition coefficient (Wildman–Crippen LogP) is 1.45. The summed E-state index contributed by atoms with van der Waals surface area (Å²) in [6, 6.07) is 10.2. The lowest BCUT2D eigenvalue weighted by molar-refractivity contribution is 0.0944. The van der Waals surface area contributed by atoms with Gasteiger partial charge in [0.2, 0.25) is 0 Å². The lowest BCUT2D eigenvalue weighted by Gasteiger charge is -2.27. The first-order valence-electron chi connectivity index (χ1n) is 6.43. The maximum atomic E-state index is 11.9. The van der Waals surface area contributed by atoms with E-state index in [-0.39, 0.29) is 24.4 Å². The van der Waals surface area contributed by atoms with Crippen molar-refractivity contribution >= 4 is 18.3 Å². The van der Waals surface area contributed by atoms with E-state index in [1.165, 1.54) is 11.1 Å². The molecule has 0 radical (unpaired) electrons. The van der Waals surface area contributed by atoms with Crippen molar-refractivity contribution in [1.29, 1.82) is 0 Å². The Bertz CT molecular complexity index is 570. The first kappa shape index (κ1) is 14.6. The molecule has 3 rings (SSSR count). The Balaban J connectivity index is 0.00000147. The first-order chi connectivity index (χ1) is 9.34. The van der Waals surface area contributed by atoms with E-state index in [9.17, 15) is 4.79 Å². The number of amides is 1. The van der Waals surface area contributed by atoms with E-state index in [4.69, 9.17) is 0 Å². The topological polar surface area (TPSA) is 69.8 Å². The summed E-state index contributed by atoms with van der Waals surface area (Å²) < 4.78 is 0. The highest BCUT2D eigenvalue weighted by molar-refractivity contribution is 5.92. The average molecular weight is 293 g/mol. The van der Waals surface area contributed by atoms with Crippen LogP contribution in [0.1, 0.15) is 27.7 Å². The number of hydrogen-bond donors (Lipinski definition) is 3. The maximum Gasteiger partial charge on any atom is 0.269 e. The van der Waals surface area contributed by atoms with Crippen LogP contribution < -0.4 is 10.6 Å². The molecule has 2 aromatic rings. The van der Waals surface area contributed by atoms with Crippen molar-refractivity contribution in [2.45, 2.75) is 12.5 Å². The highest BCUT2D eigenvalue weighted by Crippen LogP contribution is 2.21. The number of fused-ring (bicyclic) bond motifs is 1. The highest BCUT2D eigenvalue weighted by atomic mass is 35.5. The second-order valence-electron chi connectivity index (χ2n) is 4.64. The highest BCUT2D eigenvalue weighted by Gasteiger charge is 2.19. The number of carbonyl (C=O) groups excluding carboxylic acids is 1. The number of halogens is 1. The van der Waals surface area contributed by atoms with Crippen LogP contribution in [0.15, 0.2) is 36.5 Å². The Morgan fingerprint density at radius 1 is 1.35 bits per heavy atom. The lowest BCUT2D eigenvalue weighted by atomic mass is 9.94. The molecule has 1 amide bonds. The van der Waals surface area contributed by atoms with Gasteiger partial charge in [0.1, 0.15) is 5.69 Å². The number of H-pyrrole nitrogens is 1. The second kappa shape index (κ2) is 6.54. The first-order valence-corrected chi connectivity index (χ1v) is 6.43. The fourth-order valence-corrected chi connectivity index (χ4v) is 2.45. The third-order valence-electron chi connectivity index (χ3n) is 3.43. The predicted molar refractivity (Wildman–Crippen MR) is 79.1 cm³/mol. The molecule has 2 heterocycles. The molecule has 20 heavy (non-hydrogen) atoms. The molecule has 5 nitrogen and oxygen atoms in total. The molecule has 0 saturated carbocycles. The van der Waals surface area contributed by atoms with Gasteiger partial charge in [0.15, 0.2) is 0 Å². The van der Waals surface area contributed by atoms with Gasteiger partial charge in [-0.15, -0.1) is 12.4 Å². The van der Waals surface area contributed by atoms with E-state index in [1.54, 1.807) is 12.3 Å². The molecule has 106 valence electrons. The molecule has 3 N–H and O–H groups in total. The number of aromatic amines is 1. The largest absolute Gasteiger partial charge is 0.349 e. The van der Waals surface area contributed by atoms with Crippen molar-refractivity contribution < 1.29 is 4.79 Å². The van der Waals surface area contributed by atoms with Gasteiger partial charge in [0, 0.05) is 18.8 Å². The molecular formula is C14H17ClN4O. The summed E-state index contributed by atoms with van der Waals surface area (Å²) in [6.07, 6.45) is 2.62. The van der Waals surface area contributed by atoms with Crippen LogP contribution >= 0.6 is 12.4 Å². The summed E-state index contributed by atoms with van der Waals surface area (Å²) in [5.74, 6) is -0.123. The van der Waals surface area contributed by atoms with Crippen molar-refractivity contribution in [3.8, 4) is 0 Å². The Labute approximate surface area is 123 Å². The van der Waals surface area contributed by atoms with Crippen molar-refractivity contribution in [2.75, 3.05) is 13.1 Å². The standard InChI is InChI=1S/C14H16N4O.ClH/c19-14(12-6-8-17-18-12)16-9-13-11-4-2-1-3-10(11)5-7-15-13;/h1-4,6,8,13,15H,5,7,9H2,(H,16,19)(H,17,18);1H. The smallest absolute Gasteiger partial charge is 0.269 e. The number of aromatic nitrogens is 2. The van der Waals surface area contributed by atoms with E-state index < -0.39 is 0 Å². The van der Waals surface area contributed by atoms with Crippen LogP contribution in [0.25, 0.3) is 0 Å². The number of benzene rings is 1. The summed E-state index contributed by atoms with van der Waals surface area (Å²) in [4.78, 5) is 11.9. The zero-order chi connectivity index (χ0) is 13.1. The SMILES string of the molecule is Cl.O=C(NCC1NCCc2ccccc21)c1ccn[nH]1. The number of nitrogens with one attached hydrogen (secondary N) is 3. The lowest BCUT2D eigenvalue weighted by Crippen LogP contribution is -2.38. The summed E-state index contributed by atoms with van der Waals surface area (Å²) >= 11 is 0. The maximum absolute atomic E-state index is 11.9. The van der Waals surface area contributed by atoms with Gasteiger partial charge in [-0.3, -0.25) is 9.89 Å². The molecule has 6 heteroatoms. The van der Waals surface area contributed by atoms with Crippen LogP contribution in [0.3, 0.4) is 0 Å². The number of nitrogens with zero attached hydrogens (tertiary/aromatic N) is 1. The van der Waals surface area contributed by atoms with Crippen LogP contribution in [0, 0.1) is 0 Å². The van der Waals surface area contributed by atoms with Gasteiger partial charge in [-0.1, -0.05) is 24.3 Å². The molecular weight excluding hydrogens is 276 g/mol. The second-order valence-corrected chi connectivity index (χ2v) is 4.64. The van der Waals surface area contributed by atoms with Crippen LogP contribution in [-0.4, -0.2) is 29.2 Å². The molecule has 0 spiro atoms. The van der Waals surface area contributed by atoms with E-state index in [2.05, 4.69) is 39.0 Å². The van der Waals surface area contributed by atoms with Crippen LogP contribution in [0.5, 0.6) is 0 Å². The molecule has 1 atom stereocenters. The Morgan fingerprint density at radius 2 is 2.20 bits per heavy atom. The van der Waals surface area contributed by atoms with Gasteiger partial charge in [-0.25, -0.2) is 0 Å². The van der Waals surface area contributed by atoms with Crippen LogP contribution in [0.4, 0.5) is 0 Å². The van der Waals surface area contributed by atoms with Gasteiger partial charge in [-0.05, 0) is 30.2 Å². The Hall–Kier alpha value is -1.85. The fourth-order valence-electron chi connectivity index (χ4n) is 2.45. The van der Waals surface area contributed by atoms with Crippen molar-refractivity contribution in [3.05, 3.63) is 53.3 Å². The summed E-state index contributed by atoms with van der Waals surface area (Å²) in [5, 5.41) is 12.8. The van der Waals surface area contributed by atoms with Gasteiger partial charge >= 0.3 is 0 Å². The summed E-state index contributed by atoms with van der Waals surface area (Å²) in [5.41, 5.74) is 3.13. The summed E-state index contributed by atoms with van der Waals surface area (Å²) in [6.45, 7) is 1.52. The van der Waals surface area contributed by atoms with Crippen LogP contribution in [-0.2, 0) is 6.42 Å². The van der Waals surface area contributed by atoms with Gasteiger partial charge < -0.3 is 10.6 Å². The fraction of sp³-hybridized carbons (Fsp3) is 0.286. The Morgan fingerprint density at radius 3 is 3.00 bits per heavy atom. The Kier molecular flexibility index (Phi) is 4.76. The molecule has 0 saturated heterocycles. The molecule has 1 aromatic carbocycles. The minimum Gasteiger partial charge on any atom is -0.349 e. The minimum atomic E-state index is -0.123. The molecule has 1 aliphatic rings. The molecule has 1 aromatic heterocycles. The normalized spacial score (nSPS) is 16.9. The molecule has 0 bridgehead atoms. The van der Waals surface area contributed by atoms with Crippen molar-refractivity contribution in [2.24, 2.45) is 0 Å². The van der Waals surface area contributed by atoms with Crippen molar-refractivity contribution in [1.82, 2.24) is 20.8 Å². The van der Waals surface area contributed by atoms with E-state index in [0.29, 0.717) is 12.2 Å². The third-order valence-corrected chi connectivity index (χ3v) is 3.43. The van der Waals surface area contributed by atoms with E-state index in [0.717, 1.165) is 13.0 Å². The van der Waals surface area contributed by atoms with Crippen LogP contribution in [0.2, 0.25) is 0 Å². The number of hydrogen-bond acceptors (Lipinski definition) is 3. The third kappa shape index (κ3) is 3.00. The molecule has 1 unspecified atom stereocenters. The molecule has 0 aliphatic carbocycles. The summed E-state index contributed by atoms with van der Waals surface area (Å²) in [7, 11) is 0. The molecule has 1 aliphatic heterocycles. The van der Waals surface area contributed by atoms with Gasteiger partial charge in [0.05, 0.1) is 0 Å².